The van der Waals surface area contributed by atoms with E-state index in [4.69, 9.17) is 9.68 Å². The lowest BCUT2D eigenvalue weighted by Gasteiger charge is -2.12. The molecule has 0 fully saturated rings. The zero-order valence-corrected chi connectivity index (χ0v) is 13.2. The first-order valence-corrected chi connectivity index (χ1v) is 8.49. The Morgan fingerprint density at radius 2 is 1.91 bits per heavy atom. The van der Waals surface area contributed by atoms with Gasteiger partial charge >= 0.3 is 0 Å². The number of fused-ring (bicyclic) bond motifs is 1. The molecule has 1 N–H and O–H groups in total. The summed E-state index contributed by atoms with van der Waals surface area (Å²) in [5.74, 6) is 0.534. The average molecular weight is 326 g/mol. The molecule has 6 heteroatoms. The lowest BCUT2D eigenvalue weighted by atomic mass is 10.2. The molecule has 0 bridgehead atoms. The van der Waals surface area contributed by atoms with Gasteiger partial charge in [0.25, 0.3) is 0 Å². The van der Waals surface area contributed by atoms with Crippen LogP contribution in [0.3, 0.4) is 0 Å². The van der Waals surface area contributed by atoms with Gasteiger partial charge in [0, 0.05) is 5.39 Å². The van der Waals surface area contributed by atoms with Crippen LogP contribution in [0.25, 0.3) is 11.0 Å². The molecule has 1 aromatic heterocycles. The van der Waals surface area contributed by atoms with E-state index in [0.29, 0.717) is 16.9 Å². The van der Waals surface area contributed by atoms with Crippen molar-refractivity contribution in [1.29, 1.82) is 5.26 Å². The summed E-state index contributed by atoms with van der Waals surface area (Å²) in [5, 5.41) is 9.80. The molecule has 0 aliphatic heterocycles. The van der Waals surface area contributed by atoms with Gasteiger partial charge in [0.15, 0.2) is 0 Å². The maximum atomic E-state index is 12.4. The molecule has 1 atom stereocenters. The van der Waals surface area contributed by atoms with Crippen molar-refractivity contribution in [3.63, 3.8) is 0 Å². The topological polar surface area (TPSA) is 83.1 Å². The van der Waals surface area contributed by atoms with E-state index in [1.54, 1.807) is 19.1 Å². The Morgan fingerprint density at radius 1 is 1.13 bits per heavy atom. The second-order valence-corrected chi connectivity index (χ2v) is 6.88. The van der Waals surface area contributed by atoms with Crippen molar-refractivity contribution < 1.29 is 12.8 Å². The molecule has 3 aromatic rings. The highest BCUT2D eigenvalue weighted by molar-refractivity contribution is 7.89. The van der Waals surface area contributed by atoms with E-state index in [-0.39, 0.29) is 4.90 Å². The lowest BCUT2D eigenvalue weighted by Crippen LogP contribution is -2.26. The van der Waals surface area contributed by atoms with Crippen LogP contribution < -0.4 is 4.72 Å². The minimum Gasteiger partial charge on any atom is -0.459 e. The highest BCUT2D eigenvalue weighted by Gasteiger charge is 2.21. The second kappa shape index (κ2) is 5.88. The number of nitrogens with zero attached hydrogens (tertiary/aromatic N) is 1. The van der Waals surface area contributed by atoms with Gasteiger partial charge in [-0.1, -0.05) is 24.3 Å². The molecule has 0 radical (unpaired) electrons. The maximum absolute atomic E-state index is 12.4. The van der Waals surface area contributed by atoms with E-state index in [1.807, 2.05) is 36.4 Å². The van der Waals surface area contributed by atoms with Gasteiger partial charge in [-0.3, -0.25) is 0 Å². The van der Waals surface area contributed by atoms with Crippen LogP contribution in [0.5, 0.6) is 0 Å². The second-order valence-electron chi connectivity index (χ2n) is 5.17. The van der Waals surface area contributed by atoms with Crippen LogP contribution in [0.4, 0.5) is 0 Å². The molecule has 0 spiro atoms. The summed E-state index contributed by atoms with van der Waals surface area (Å²) < 4.78 is 33.1. The average Bonchev–Trinajstić information content (AvgIpc) is 2.99. The van der Waals surface area contributed by atoms with E-state index in [0.717, 1.165) is 5.39 Å². The zero-order chi connectivity index (χ0) is 16.4. The Balaban J connectivity index is 1.88. The van der Waals surface area contributed by atoms with Crippen molar-refractivity contribution >= 4 is 21.0 Å². The molecule has 23 heavy (non-hydrogen) atoms. The van der Waals surface area contributed by atoms with Crippen LogP contribution in [-0.2, 0) is 10.0 Å². The number of sulfonamides is 1. The molecule has 0 saturated heterocycles. The Labute approximate surface area is 134 Å². The smallest absolute Gasteiger partial charge is 0.241 e. The first-order valence-electron chi connectivity index (χ1n) is 7.00. The Morgan fingerprint density at radius 3 is 2.65 bits per heavy atom. The van der Waals surface area contributed by atoms with E-state index >= 15 is 0 Å². The number of para-hydroxylation sites is 1. The Bertz CT molecular complexity index is 967. The molecule has 5 nitrogen and oxygen atoms in total. The molecule has 2 aromatic carbocycles. The molecule has 0 unspecified atom stereocenters. The van der Waals surface area contributed by atoms with Crippen molar-refractivity contribution in [3.05, 3.63) is 65.9 Å². The van der Waals surface area contributed by atoms with E-state index in [9.17, 15) is 8.42 Å². The monoisotopic (exact) mass is 326 g/mol. The summed E-state index contributed by atoms with van der Waals surface area (Å²) in [4.78, 5) is 0.0551. The third-order valence-electron chi connectivity index (χ3n) is 3.48. The van der Waals surface area contributed by atoms with Gasteiger partial charge in [-0.2, -0.15) is 5.26 Å². The number of nitrogens with one attached hydrogen (secondary N) is 1. The van der Waals surface area contributed by atoms with Crippen LogP contribution in [-0.4, -0.2) is 8.42 Å². The first-order chi connectivity index (χ1) is 11.0. The number of furan rings is 1. The molecule has 0 saturated carbocycles. The Hall–Kier alpha value is -2.62. The van der Waals surface area contributed by atoms with Crippen molar-refractivity contribution in [1.82, 2.24) is 4.72 Å². The minimum absolute atomic E-state index is 0.0551. The van der Waals surface area contributed by atoms with Crippen molar-refractivity contribution in [2.24, 2.45) is 0 Å². The molecule has 0 amide bonds. The van der Waals surface area contributed by atoms with Gasteiger partial charge in [0.1, 0.15) is 11.3 Å². The van der Waals surface area contributed by atoms with Crippen molar-refractivity contribution in [2.75, 3.05) is 0 Å². The number of nitriles is 1. The molecule has 0 aliphatic carbocycles. The van der Waals surface area contributed by atoms with Crippen LogP contribution in [0.1, 0.15) is 24.3 Å². The molecular formula is C17H14N2O3S. The molecule has 116 valence electrons. The van der Waals surface area contributed by atoms with Crippen molar-refractivity contribution in [3.8, 4) is 6.07 Å². The zero-order valence-electron chi connectivity index (χ0n) is 12.4. The number of hydrogen-bond acceptors (Lipinski definition) is 4. The van der Waals surface area contributed by atoms with Gasteiger partial charge in [0.05, 0.1) is 22.6 Å². The van der Waals surface area contributed by atoms with Gasteiger partial charge in [0.2, 0.25) is 10.0 Å². The van der Waals surface area contributed by atoms with Crippen LogP contribution >= 0.6 is 0 Å². The van der Waals surface area contributed by atoms with E-state index in [2.05, 4.69) is 4.72 Å². The first kappa shape index (κ1) is 15.3. The number of rotatable bonds is 4. The highest BCUT2D eigenvalue weighted by Crippen LogP contribution is 2.25. The summed E-state index contributed by atoms with van der Waals surface area (Å²) in [6, 6.07) is 16.6. The third-order valence-corrected chi connectivity index (χ3v) is 5.02. The standard InChI is InChI=1S/C17H14N2O3S/c1-12(17-10-14-6-2-3-8-16(14)22-17)19-23(20,21)15-7-4-5-13(9-15)11-18/h2-10,12,19H,1H3/t12-/m0/s1. The molecule has 1 heterocycles. The van der Waals surface area contributed by atoms with Gasteiger partial charge in [-0.05, 0) is 37.3 Å². The molecule has 0 aliphatic rings. The third kappa shape index (κ3) is 3.11. The summed E-state index contributed by atoms with van der Waals surface area (Å²) in [5.41, 5.74) is 1.00. The van der Waals surface area contributed by atoms with Gasteiger partial charge in [-0.15, -0.1) is 0 Å². The fourth-order valence-corrected chi connectivity index (χ4v) is 3.56. The summed E-state index contributed by atoms with van der Waals surface area (Å²) >= 11 is 0. The number of hydrogen-bond donors (Lipinski definition) is 1. The number of benzene rings is 2. The van der Waals surface area contributed by atoms with Crippen LogP contribution in [0, 0.1) is 11.3 Å². The predicted molar refractivity (Wildman–Crippen MR) is 86.1 cm³/mol. The van der Waals surface area contributed by atoms with Crippen molar-refractivity contribution in [2.45, 2.75) is 17.9 Å². The summed E-state index contributed by atoms with van der Waals surface area (Å²) in [6.07, 6.45) is 0. The fourth-order valence-electron chi connectivity index (χ4n) is 2.31. The minimum atomic E-state index is -3.74. The quantitative estimate of drug-likeness (QED) is 0.797. The summed E-state index contributed by atoms with van der Waals surface area (Å²) in [7, 11) is -3.74. The predicted octanol–water partition coefficient (Wildman–Crippen LogP) is 3.34. The van der Waals surface area contributed by atoms with E-state index in [1.165, 1.54) is 12.1 Å². The summed E-state index contributed by atoms with van der Waals surface area (Å²) in [6.45, 7) is 1.71. The normalized spacial score (nSPS) is 12.9. The Kier molecular flexibility index (Phi) is 3.90. The molecule has 3 rings (SSSR count). The van der Waals surface area contributed by atoms with Crippen LogP contribution in [0.2, 0.25) is 0 Å². The SMILES string of the molecule is C[C@H](NS(=O)(=O)c1cccc(C#N)c1)c1cc2ccccc2o1. The van der Waals surface area contributed by atoms with Gasteiger partial charge in [-0.25, -0.2) is 13.1 Å². The molecular weight excluding hydrogens is 312 g/mol. The fraction of sp³-hybridized carbons (Fsp3) is 0.118. The van der Waals surface area contributed by atoms with Crippen LogP contribution in [0.15, 0.2) is 63.9 Å². The maximum Gasteiger partial charge on any atom is 0.241 e. The highest BCUT2D eigenvalue weighted by atomic mass is 32.2. The largest absolute Gasteiger partial charge is 0.459 e. The van der Waals surface area contributed by atoms with Gasteiger partial charge < -0.3 is 4.42 Å². The lowest BCUT2D eigenvalue weighted by molar-refractivity contribution is 0.484. The van der Waals surface area contributed by atoms with E-state index < -0.39 is 16.1 Å².